The molecule has 1 aromatic carbocycles. The van der Waals surface area contributed by atoms with Crippen LogP contribution < -0.4 is 4.74 Å². The molecule has 0 bridgehead atoms. The van der Waals surface area contributed by atoms with Gasteiger partial charge in [-0.2, -0.15) is 0 Å². The van der Waals surface area contributed by atoms with Crippen LogP contribution in [-0.4, -0.2) is 19.8 Å². The second-order valence-corrected chi connectivity index (χ2v) is 3.29. The van der Waals surface area contributed by atoms with Crippen molar-refractivity contribution in [3.63, 3.8) is 0 Å². The van der Waals surface area contributed by atoms with Crippen LogP contribution >= 0.6 is 0 Å². The largest absolute Gasteiger partial charge is 0.488 e. The molecule has 78 valence electrons. The van der Waals surface area contributed by atoms with Gasteiger partial charge in [-0.3, -0.25) is 0 Å². The molecule has 0 aliphatic heterocycles. The number of benzene rings is 1. The normalized spacial score (nSPS) is 12.6. The summed E-state index contributed by atoms with van der Waals surface area (Å²) in [5, 5.41) is 0. The third-order valence-corrected chi connectivity index (χ3v) is 1.87. The molecular weight excluding hydrogens is 183 g/mol. The SMILES string of the molecule is COCC(C)Oc1ccc(F)cc1C. The Kier molecular flexibility index (Phi) is 3.89. The number of halogens is 1. The lowest BCUT2D eigenvalue weighted by Crippen LogP contribution is -2.18. The van der Waals surface area contributed by atoms with E-state index in [0.717, 1.165) is 5.56 Å². The molecule has 0 N–H and O–H groups in total. The van der Waals surface area contributed by atoms with Crippen LogP contribution in [0.2, 0.25) is 0 Å². The van der Waals surface area contributed by atoms with Gasteiger partial charge in [0.1, 0.15) is 17.7 Å². The molecule has 0 aliphatic carbocycles. The molecule has 0 saturated carbocycles. The highest BCUT2D eigenvalue weighted by Gasteiger charge is 2.06. The van der Waals surface area contributed by atoms with Gasteiger partial charge < -0.3 is 9.47 Å². The van der Waals surface area contributed by atoms with Crippen molar-refractivity contribution in [3.8, 4) is 5.75 Å². The highest BCUT2D eigenvalue weighted by Crippen LogP contribution is 2.19. The fourth-order valence-corrected chi connectivity index (χ4v) is 1.23. The third-order valence-electron chi connectivity index (χ3n) is 1.87. The van der Waals surface area contributed by atoms with Crippen LogP contribution in [0.3, 0.4) is 0 Å². The van der Waals surface area contributed by atoms with Crippen LogP contribution in [0.5, 0.6) is 5.75 Å². The second kappa shape index (κ2) is 4.96. The van der Waals surface area contributed by atoms with Gasteiger partial charge in [-0.1, -0.05) is 0 Å². The first-order valence-corrected chi connectivity index (χ1v) is 4.55. The molecule has 0 amide bonds. The maximum Gasteiger partial charge on any atom is 0.123 e. The Hall–Kier alpha value is -1.09. The predicted molar refractivity (Wildman–Crippen MR) is 53.1 cm³/mol. The monoisotopic (exact) mass is 198 g/mol. The lowest BCUT2D eigenvalue weighted by atomic mass is 10.2. The zero-order valence-electron chi connectivity index (χ0n) is 8.71. The van der Waals surface area contributed by atoms with Gasteiger partial charge >= 0.3 is 0 Å². The van der Waals surface area contributed by atoms with Gasteiger partial charge in [0.2, 0.25) is 0 Å². The fourth-order valence-electron chi connectivity index (χ4n) is 1.23. The molecule has 2 nitrogen and oxygen atoms in total. The molecule has 1 atom stereocenters. The Morgan fingerprint density at radius 2 is 2.14 bits per heavy atom. The summed E-state index contributed by atoms with van der Waals surface area (Å²) in [5.41, 5.74) is 0.799. The first-order valence-electron chi connectivity index (χ1n) is 4.55. The Morgan fingerprint density at radius 1 is 1.43 bits per heavy atom. The molecule has 0 heterocycles. The smallest absolute Gasteiger partial charge is 0.123 e. The summed E-state index contributed by atoms with van der Waals surface area (Å²) in [7, 11) is 1.62. The van der Waals surface area contributed by atoms with Crippen LogP contribution in [0.15, 0.2) is 18.2 Å². The first-order chi connectivity index (χ1) is 6.63. The first kappa shape index (κ1) is 11.0. The van der Waals surface area contributed by atoms with Gasteiger partial charge in [-0.05, 0) is 37.6 Å². The standard InChI is InChI=1S/C11H15FO2/c1-8-6-10(12)4-5-11(8)14-9(2)7-13-3/h4-6,9H,7H2,1-3H3. The van der Waals surface area contributed by atoms with Gasteiger partial charge in [-0.15, -0.1) is 0 Å². The summed E-state index contributed by atoms with van der Waals surface area (Å²) < 4.78 is 23.2. The minimum atomic E-state index is -0.241. The fraction of sp³-hybridized carbons (Fsp3) is 0.455. The summed E-state index contributed by atoms with van der Waals surface area (Å²) in [5.74, 6) is 0.463. The van der Waals surface area contributed by atoms with Crippen molar-refractivity contribution in [1.82, 2.24) is 0 Å². The summed E-state index contributed by atoms with van der Waals surface area (Å²) in [6, 6.07) is 4.48. The van der Waals surface area contributed by atoms with E-state index >= 15 is 0 Å². The lowest BCUT2D eigenvalue weighted by Gasteiger charge is -2.15. The summed E-state index contributed by atoms with van der Waals surface area (Å²) in [6.45, 7) is 4.25. The van der Waals surface area contributed by atoms with E-state index in [-0.39, 0.29) is 11.9 Å². The number of methoxy groups -OCH3 is 1. The molecule has 3 heteroatoms. The molecule has 0 radical (unpaired) electrons. The van der Waals surface area contributed by atoms with Crippen molar-refractivity contribution < 1.29 is 13.9 Å². The Morgan fingerprint density at radius 3 is 2.71 bits per heavy atom. The molecule has 0 aliphatic rings. The van der Waals surface area contributed by atoms with Crippen molar-refractivity contribution >= 4 is 0 Å². The molecule has 0 spiro atoms. The van der Waals surface area contributed by atoms with E-state index in [1.807, 2.05) is 13.8 Å². The zero-order chi connectivity index (χ0) is 10.6. The van der Waals surface area contributed by atoms with Crippen LogP contribution in [0, 0.1) is 12.7 Å². The quantitative estimate of drug-likeness (QED) is 0.740. The van der Waals surface area contributed by atoms with Crippen molar-refractivity contribution in [1.29, 1.82) is 0 Å². The van der Waals surface area contributed by atoms with Gasteiger partial charge in [0.15, 0.2) is 0 Å². The average Bonchev–Trinajstić information content (AvgIpc) is 2.10. The van der Waals surface area contributed by atoms with Crippen LogP contribution in [-0.2, 0) is 4.74 Å². The van der Waals surface area contributed by atoms with Crippen LogP contribution in [0.1, 0.15) is 12.5 Å². The highest BCUT2D eigenvalue weighted by atomic mass is 19.1. The van der Waals surface area contributed by atoms with Crippen LogP contribution in [0.25, 0.3) is 0 Å². The summed E-state index contributed by atoms with van der Waals surface area (Å²) in [6.07, 6.45) is -0.0239. The van der Waals surface area contributed by atoms with E-state index in [9.17, 15) is 4.39 Å². The molecule has 1 unspecified atom stereocenters. The molecule has 14 heavy (non-hydrogen) atoms. The second-order valence-electron chi connectivity index (χ2n) is 3.29. The van der Waals surface area contributed by atoms with Crippen LogP contribution in [0.4, 0.5) is 4.39 Å². The Labute approximate surface area is 83.6 Å². The van der Waals surface area contributed by atoms with Crippen molar-refractivity contribution in [2.24, 2.45) is 0 Å². The average molecular weight is 198 g/mol. The van der Waals surface area contributed by atoms with Gasteiger partial charge in [-0.25, -0.2) is 4.39 Å². The van der Waals surface area contributed by atoms with Gasteiger partial charge in [0.05, 0.1) is 6.61 Å². The molecular formula is C11H15FO2. The number of rotatable bonds is 4. The maximum atomic E-state index is 12.8. The number of hydrogen-bond acceptors (Lipinski definition) is 2. The third kappa shape index (κ3) is 3.00. The van der Waals surface area contributed by atoms with Gasteiger partial charge in [0.25, 0.3) is 0 Å². The number of ether oxygens (including phenoxy) is 2. The van der Waals surface area contributed by atoms with Gasteiger partial charge in [0, 0.05) is 7.11 Å². The van der Waals surface area contributed by atoms with E-state index in [2.05, 4.69) is 0 Å². The molecule has 1 rings (SSSR count). The molecule has 0 fully saturated rings. The topological polar surface area (TPSA) is 18.5 Å². The molecule has 0 aromatic heterocycles. The van der Waals surface area contributed by atoms with E-state index in [1.54, 1.807) is 13.2 Å². The zero-order valence-corrected chi connectivity index (χ0v) is 8.71. The van der Waals surface area contributed by atoms with Crippen molar-refractivity contribution in [2.75, 3.05) is 13.7 Å². The van der Waals surface area contributed by atoms with E-state index in [0.29, 0.717) is 12.4 Å². The predicted octanol–water partition coefficient (Wildman–Crippen LogP) is 2.55. The Bertz CT molecular complexity index is 299. The Balaban J connectivity index is 2.67. The summed E-state index contributed by atoms with van der Waals surface area (Å²) >= 11 is 0. The maximum absolute atomic E-state index is 12.8. The number of aryl methyl sites for hydroxylation is 1. The minimum absolute atomic E-state index is 0.0239. The van der Waals surface area contributed by atoms with Crippen molar-refractivity contribution in [2.45, 2.75) is 20.0 Å². The van der Waals surface area contributed by atoms with E-state index in [4.69, 9.17) is 9.47 Å². The van der Waals surface area contributed by atoms with E-state index < -0.39 is 0 Å². The summed E-state index contributed by atoms with van der Waals surface area (Å²) in [4.78, 5) is 0. The van der Waals surface area contributed by atoms with E-state index in [1.165, 1.54) is 12.1 Å². The van der Waals surface area contributed by atoms with Crippen molar-refractivity contribution in [3.05, 3.63) is 29.6 Å². The highest BCUT2D eigenvalue weighted by molar-refractivity contribution is 5.32. The lowest BCUT2D eigenvalue weighted by molar-refractivity contribution is 0.0915. The minimum Gasteiger partial charge on any atom is -0.488 e. The molecule has 1 aromatic rings. The number of hydrogen-bond donors (Lipinski definition) is 0. The molecule has 0 saturated heterocycles.